The zero-order chi connectivity index (χ0) is 9.59. The predicted octanol–water partition coefficient (Wildman–Crippen LogP) is 3.11. The van der Waals surface area contributed by atoms with Crippen LogP contribution >= 0.6 is 23.2 Å². The van der Waals surface area contributed by atoms with Crippen LogP contribution in [0.3, 0.4) is 0 Å². The fourth-order valence-electron chi connectivity index (χ4n) is 1.26. The quantitative estimate of drug-likeness (QED) is 0.652. The zero-order valence-electron chi connectivity index (χ0n) is 6.77. The average Bonchev–Trinajstić information content (AvgIpc) is 2.38. The van der Waals surface area contributed by atoms with Crippen molar-refractivity contribution in [2.24, 2.45) is 4.99 Å². The van der Waals surface area contributed by atoms with Gasteiger partial charge in [-0.25, -0.2) is 4.99 Å². The first-order valence-electron chi connectivity index (χ1n) is 3.69. The highest BCUT2D eigenvalue weighted by Crippen LogP contribution is 2.35. The van der Waals surface area contributed by atoms with Gasteiger partial charge < -0.3 is 0 Å². The summed E-state index contributed by atoms with van der Waals surface area (Å²) < 4.78 is 0. The largest absolute Gasteiger partial charge is 0.286 e. The van der Waals surface area contributed by atoms with Crippen LogP contribution in [-0.2, 0) is 0 Å². The number of rotatable bonds is 0. The van der Waals surface area contributed by atoms with E-state index >= 15 is 0 Å². The van der Waals surface area contributed by atoms with E-state index in [2.05, 4.69) is 4.99 Å². The first-order valence-corrected chi connectivity index (χ1v) is 4.45. The number of Topliss-reactive ketones (excluding diaryl/α,β-unsaturated/α-hetero) is 1. The molecule has 0 amide bonds. The number of benzene rings is 1. The molecule has 1 aliphatic heterocycles. The molecule has 0 bridgehead atoms. The molecule has 1 aromatic rings. The van der Waals surface area contributed by atoms with E-state index in [1.807, 2.05) is 6.92 Å². The van der Waals surface area contributed by atoms with Gasteiger partial charge in [0.15, 0.2) is 5.17 Å². The van der Waals surface area contributed by atoms with Crippen molar-refractivity contribution in [2.75, 3.05) is 0 Å². The van der Waals surface area contributed by atoms with Gasteiger partial charge in [-0.15, -0.1) is 0 Å². The lowest BCUT2D eigenvalue weighted by atomic mass is 10.1. The maximum atomic E-state index is 11.4. The number of halogens is 2. The van der Waals surface area contributed by atoms with Crippen molar-refractivity contribution in [2.45, 2.75) is 6.92 Å². The number of aliphatic imine (C=N–C) groups is 1. The smallest absolute Gasteiger partial charge is 0.225 e. The minimum atomic E-state index is -0.226. The third-order valence-electron chi connectivity index (χ3n) is 2.01. The Morgan fingerprint density at radius 3 is 2.69 bits per heavy atom. The first kappa shape index (κ1) is 8.73. The molecule has 0 unspecified atom stereocenters. The molecule has 0 spiro atoms. The molecule has 0 saturated carbocycles. The highest BCUT2D eigenvalue weighted by Gasteiger charge is 2.24. The topological polar surface area (TPSA) is 29.4 Å². The zero-order valence-corrected chi connectivity index (χ0v) is 8.28. The van der Waals surface area contributed by atoms with Crippen LogP contribution in [0.25, 0.3) is 0 Å². The van der Waals surface area contributed by atoms with Crippen molar-refractivity contribution in [3.63, 3.8) is 0 Å². The molecule has 0 aliphatic carbocycles. The van der Waals surface area contributed by atoms with Crippen LogP contribution in [0.15, 0.2) is 17.1 Å². The molecule has 1 aromatic carbocycles. The van der Waals surface area contributed by atoms with Gasteiger partial charge in [0.05, 0.1) is 11.3 Å². The highest BCUT2D eigenvalue weighted by atomic mass is 35.5. The van der Waals surface area contributed by atoms with Crippen molar-refractivity contribution in [3.8, 4) is 0 Å². The summed E-state index contributed by atoms with van der Waals surface area (Å²) in [5.74, 6) is -0.226. The van der Waals surface area contributed by atoms with E-state index in [-0.39, 0.29) is 11.0 Å². The Labute approximate surface area is 85.2 Å². The molecule has 13 heavy (non-hydrogen) atoms. The molecule has 0 saturated heterocycles. The Kier molecular flexibility index (Phi) is 1.90. The van der Waals surface area contributed by atoms with Crippen molar-refractivity contribution < 1.29 is 4.79 Å². The summed E-state index contributed by atoms with van der Waals surface area (Å²) in [6, 6.07) is 3.32. The van der Waals surface area contributed by atoms with Gasteiger partial charge in [0.2, 0.25) is 5.78 Å². The third-order valence-corrected chi connectivity index (χ3v) is 2.67. The van der Waals surface area contributed by atoms with Gasteiger partial charge in [0.1, 0.15) is 0 Å². The molecule has 0 radical (unpaired) electrons. The summed E-state index contributed by atoms with van der Waals surface area (Å²) in [6.07, 6.45) is 0. The lowest BCUT2D eigenvalue weighted by Crippen LogP contribution is -2.01. The minimum absolute atomic E-state index is 0.0142. The second kappa shape index (κ2) is 2.82. The third kappa shape index (κ3) is 1.18. The van der Waals surface area contributed by atoms with Gasteiger partial charge in [-0.1, -0.05) is 23.2 Å². The molecule has 66 valence electrons. The molecule has 2 nitrogen and oxygen atoms in total. The Bertz CT molecular complexity index is 437. The number of hydrogen-bond acceptors (Lipinski definition) is 2. The number of hydrogen-bond donors (Lipinski definition) is 0. The average molecular weight is 214 g/mol. The monoisotopic (exact) mass is 213 g/mol. The Morgan fingerprint density at radius 2 is 2.00 bits per heavy atom. The second-order valence-electron chi connectivity index (χ2n) is 2.80. The predicted molar refractivity (Wildman–Crippen MR) is 53.5 cm³/mol. The van der Waals surface area contributed by atoms with Crippen LogP contribution in [0.5, 0.6) is 0 Å². The molecule has 0 fully saturated rings. The van der Waals surface area contributed by atoms with E-state index < -0.39 is 0 Å². The van der Waals surface area contributed by atoms with Crippen LogP contribution < -0.4 is 0 Å². The Balaban J connectivity index is 2.74. The molecular weight excluding hydrogens is 209 g/mol. The van der Waals surface area contributed by atoms with Crippen LogP contribution in [0.1, 0.15) is 15.9 Å². The van der Waals surface area contributed by atoms with Crippen LogP contribution in [0.4, 0.5) is 5.69 Å². The summed E-state index contributed by atoms with van der Waals surface area (Å²) in [6.45, 7) is 1.81. The van der Waals surface area contributed by atoms with E-state index in [1.165, 1.54) is 0 Å². The fraction of sp³-hybridized carbons (Fsp3) is 0.111. The van der Waals surface area contributed by atoms with Crippen LogP contribution in [-0.4, -0.2) is 11.0 Å². The molecule has 0 atom stereocenters. The highest BCUT2D eigenvalue weighted by molar-refractivity contribution is 6.86. The minimum Gasteiger partial charge on any atom is -0.286 e. The van der Waals surface area contributed by atoms with Crippen molar-refractivity contribution >= 4 is 39.8 Å². The van der Waals surface area contributed by atoms with Gasteiger partial charge in [-0.2, -0.15) is 0 Å². The molecule has 1 heterocycles. The Morgan fingerprint density at radius 1 is 1.31 bits per heavy atom. The van der Waals surface area contributed by atoms with Crippen LogP contribution in [0, 0.1) is 6.92 Å². The van der Waals surface area contributed by atoms with Gasteiger partial charge in [-0.05, 0) is 24.6 Å². The maximum absolute atomic E-state index is 11.4. The van der Waals surface area contributed by atoms with Gasteiger partial charge in [0, 0.05) is 5.02 Å². The summed E-state index contributed by atoms with van der Waals surface area (Å²) in [4.78, 5) is 15.3. The second-order valence-corrected chi connectivity index (χ2v) is 3.57. The summed E-state index contributed by atoms with van der Waals surface area (Å²) >= 11 is 11.5. The number of carbonyl (C=O) groups excluding carboxylic acids is 1. The normalized spacial score (nSPS) is 14.4. The van der Waals surface area contributed by atoms with Crippen molar-refractivity contribution in [1.82, 2.24) is 0 Å². The lowest BCUT2D eigenvalue weighted by Gasteiger charge is -2.01. The SMILES string of the molecule is Cc1c(Cl)ccc2c1N=C(Cl)C2=O. The maximum Gasteiger partial charge on any atom is 0.225 e. The summed E-state index contributed by atoms with van der Waals surface area (Å²) in [5, 5.41) is 0.613. The molecule has 2 rings (SSSR count). The lowest BCUT2D eigenvalue weighted by molar-refractivity contribution is 0.107. The van der Waals surface area contributed by atoms with E-state index in [0.29, 0.717) is 16.3 Å². The molecule has 0 N–H and O–H groups in total. The first-order chi connectivity index (χ1) is 6.11. The fourth-order valence-corrected chi connectivity index (χ4v) is 1.60. The Hall–Kier alpha value is -0.860. The molecular formula is C9H5Cl2NO. The van der Waals surface area contributed by atoms with Crippen molar-refractivity contribution in [3.05, 3.63) is 28.3 Å². The van der Waals surface area contributed by atoms with E-state index in [1.54, 1.807) is 12.1 Å². The van der Waals surface area contributed by atoms with Gasteiger partial charge in [-0.3, -0.25) is 4.79 Å². The van der Waals surface area contributed by atoms with Crippen LogP contribution in [0.2, 0.25) is 5.02 Å². The molecule has 4 heteroatoms. The number of nitrogens with zero attached hydrogens (tertiary/aromatic N) is 1. The summed E-state index contributed by atoms with van der Waals surface area (Å²) in [5.41, 5.74) is 1.93. The molecule has 1 aliphatic rings. The number of ketones is 1. The van der Waals surface area contributed by atoms with E-state index in [4.69, 9.17) is 23.2 Å². The van der Waals surface area contributed by atoms with Gasteiger partial charge >= 0.3 is 0 Å². The van der Waals surface area contributed by atoms with Crippen molar-refractivity contribution in [1.29, 1.82) is 0 Å². The van der Waals surface area contributed by atoms with E-state index in [0.717, 1.165) is 5.56 Å². The van der Waals surface area contributed by atoms with E-state index in [9.17, 15) is 4.79 Å². The summed E-state index contributed by atoms with van der Waals surface area (Å²) in [7, 11) is 0. The number of carbonyl (C=O) groups is 1. The molecule has 0 aromatic heterocycles. The standard InChI is InChI=1S/C9H5Cl2NO/c1-4-6(10)3-2-5-7(4)12-9(11)8(5)13/h2-3H,1H3. The number of fused-ring (bicyclic) bond motifs is 1. The van der Waals surface area contributed by atoms with Gasteiger partial charge in [0.25, 0.3) is 0 Å².